The highest BCUT2D eigenvalue weighted by atomic mass is 32.1. The van der Waals surface area contributed by atoms with Crippen LogP contribution in [0.15, 0.2) is 30.4 Å². The van der Waals surface area contributed by atoms with E-state index in [0.29, 0.717) is 70.1 Å². The number of fused-ring (bicyclic) bond motifs is 1. The molecule has 9 heteroatoms. The van der Waals surface area contributed by atoms with Crippen molar-refractivity contribution >= 4 is 39.0 Å². The van der Waals surface area contributed by atoms with E-state index in [2.05, 4.69) is 42.8 Å². The first-order valence-corrected chi connectivity index (χ1v) is 16.8. The molecule has 1 aromatic carbocycles. The van der Waals surface area contributed by atoms with Crippen molar-refractivity contribution in [1.82, 2.24) is 15.2 Å². The molecule has 0 radical (unpaired) electrons. The zero-order valence-corrected chi connectivity index (χ0v) is 27.0. The standard InChI is InChI=1S/C34H49N3O5S/c1-5-6-28(38)19-27(21-33-35-30-8-7-26(23(2)3)20-32(30)43-33)34(40)36-29(25-11-15-41-16-12-25)9-10-31(39)24(4)22-37-13-17-42-18-14-37/h7-8,20,23,25,27,29H,4-6,9-19,21-22H2,1-3H3,(H,36,40)/t27-,29+/m0/s1. The molecule has 8 nitrogen and oxygen atoms in total. The van der Waals surface area contributed by atoms with Crippen LogP contribution in [0.5, 0.6) is 0 Å². The molecule has 2 fully saturated rings. The van der Waals surface area contributed by atoms with Crippen LogP contribution in [0.2, 0.25) is 0 Å². The van der Waals surface area contributed by atoms with Gasteiger partial charge < -0.3 is 14.8 Å². The molecule has 2 atom stereocenters. The summed E-state index contributed by atoms with van der Waals surface area (Å²) >= 11 is 1.61. The number of nitrogens with zero attached hydrogens (tertiary/aromatic N) is 2. The number of ether oxygens (including phenoxy) is 2. The van der Waals surface area contributed by atoms with Crippen LogP contribution in [0.25, 0.3) is 10.2 Å². The van der Waals surface area contributed by atoms with Gasteiger partial charge in [0.05, 0.1) is 34.4 Å². The number of ketones is 2. The van der Waals surface area contributed by atoms with Crippen LogP contribution >= 0.6 is 11.3 Å². The van der Waals surface area contributed by atoms with Crippen molar-refractivity contribution in [3.63, 3.8) is 0 Å². The van der Waals surface area contributed by atoms with Gasteiger partial charge in [-0.2, -0.15) is 0 Å². The molecule has 1 amide bonds. The summed E-state index contributed by atoms with van der Waals surface area (Å²) in [6, 6.07) is 6.18. The fourth-order valence-corrected chi connectivity index (χ4v) is 7.08. The molecule has 0 bridgehead atoms. The van der Waals surface area contributed by atoms with Gasteiger partial charge in [-0.1, -0.05) is 33.4 Å². The van der Waals surface area contributed by atoms with Crippen LogP contribution in [0.1, 0.15) is 82.2 Å². The Morgan fingerprint density at radius 2 is 1.81 bits per heavy atom. The van der Waals surface area contributed by atoms with Crippen molar-refractivity contribution in [2.24, 2.45) is 11.8 Å². The van der Waals surface area contributed by atoms with Crippen molar-refractivity contribution in [3.8, 4) is 0 Å². The van der Waals surface area contributed by atoms with Gasteiger partial charge in [0.2, 0.25) is 5.91 Å². The average molecular weight is 612 g/mol. The third-order valence-electron chi connectivity index (χ3n) is 8.68. The van der Waals surface area contributed by atoms with E-state index in [4.69, 9.17) is 14.5 Å². The van der Waals surface area contributed by atoms with Gasteiger partial charge >= 0.3 is 0 Å². The second kappa shape index (κ2) is 16.6. The lowest BCUT2D eigenvalue weighted by Crippen LogP contribution is -2.46. The van der Waals surface area contributed by atoms with E-state index < -0.39 is 5.92 Å². The van der Waals surface area contributed by atoms with E-state index in [9.17, 15) is 14.4 Å². The number of aromatic nitrogens is 1. The minimum Gasteiger partial charge on any atom is -0.381 e. The van der Waals surface area contributed by atoms with Gasteiger partial charge in [0.15, 0.2) is 5.78 Å². The monoisotopic (exact) mass is 611 g/mol. The van der Waals surface area contributed by atoms with Gasteiger partial charge in [-0.3, -0.25) is 19.3 Å². The van der Waals surface area contributed by atoms with Crippen LogP contribution in [-0.2, 0) is 30.3 Å². The lowest BCUT2D eigenvalue weighted by molar-refractivity contribution is -0.130. The summed E-state index contributed by atoms with van der Waals surface area (Å²) < 4.78 is 12.1. The Balaban J connectivity index is 1.45. The highest BCUT2D eigenvalue weighted by molar-refractivity contribution is 7.18. The number of nitrogens with one attached hydrogen (secondary N) is 1. The number of rotatable bonds is 16. The minimum atomic E-state index is -0.501. The van der Waals surface area contributed by atoms with Gasteiger partial charge in [-0.15, -0.1) is 11.3 Å². The van der Waals surface area contributed by atoms with Crippen molar-refractivity contribution in [2.75, 3.05) is 46.1 Å². The van der Waals surface area contributed by atoms with E-state index in [-0.39, 0.29) is 35.9 Å². The van der Waals surface area contributed by atoms with Crippen LogP contribution in [0, 0.1) is 11.8 Å². The molecule has 1 aromatic heterocycles. The first kappa shape index (κ1) is 33.4. The van der Waals surface area contributed by atoms with Gasteiger partial charge in [0, 0.05) is 70.1 Å². The highest BCUT2D eigenvalue weighted by Gasteiger charge is 2.31. The van der Waals surface area contributed by atoms with Crippen molar-refractivity contribution in [3.05, 3.63) is 40.9 Å². The minimum absolute atomic E-state index is 0.0442. The quantitative estimate of drug-likeness (QED) is 0.251. The molecule has 0 aliphatic carbocycles. The van der Waals surface area contributed by atoms with Crippen LogP contribution in [-0.4, -0.2) is 79.5 Å². The molecule has 3 heterocycles. The van der Waals surface area contributed by atoms with Gasteiger partial charge in [-0.05, 0) is 55.2 Å². The summed E-state index contributed by atoms with van der Waals surface area (Å²) in [7, 11) is 0. The predicted molar refractivity (Wildman–Crippen MR) is 172 cm³/mol. The summed E-state index contributed by atoms with van der Waals surface area (Å²) in [5.74, 6) is 0.166. The number of benzene rings is 1. The number of morpholine rings is 1. The van der Waals surface area contributed by atoms with Crippen LogP contribution in [0.4, 0.5) is 0 Å². The number of amides is 1. The molecule has 1 N–H and O–H groups in total. The Morgan fingerprint density at radius 3 is 2.51 bits per heavy atom. The van der Waals surface area contributed by atoms with E-state index in [1.165, 1.54) is 5.56 Å². The topological polar surface area (TPSA) is 97.8 Å². The third kappa shape index (κ3) is 10.0. The summed E-state index contributed by atoms with van der Waals surface area (Å²) in [6.07, 6.45) is 4.40. The zero-order chi connectivity index (χ0) is 30.8. The van der Waals surface area contributed by atoms with Gasteiger partial charge in [0.25, 0.3) is 0 Å². The van der Waals surface area contributed by atoms with E-state index in [0.717, 1.165) is 47.6 Å². The largest absolute Gasteiger partial charge is 0.381 e. The average Bonchev–Trinajstić information content (AvgIpc) is 3.41. The van der Waals surface area contributed by atoms with Crippen molar-refractivity contribution < 1.29 is 23.9 Å². The molecular formula is C34H49N3O5S. The Kier molecular flexibility index (Phi) is 12.9. The molecule has 4 rings (SSSR count). The first-order chi connectivity index (χ1) is 20.7. The first-order valence-electron chi connectivity index (χ1n) is 16.0. The van der Waals surface area contributed by atoms with Crippen molar-refractivity contribution in [2.45, 2.75) is 84.1 Å². The molecule has 0 saturated carbocycles. The number of thiazole rings is 1. The molecule has 0 unspecified atom stereocenters. The number of hydrogen-bond acceptors (Lipinski definition) is 8. The lowest BCUT2D eigenvalue weighted by Gasteiger charge is -2.32. The summed E-state index contributed by atoms with van der Waals surface area (Å²) in [5.41, 5.74) is 2.80. The normalized spacial score (nSPS) is 18.0. The van der Waals surface area contributed by atoms with E-state index in [1.54, 1.807) is 11.3 Å². The lowest BCUT2D eigenvalue weighted by atomic mass is 9.86. The maximum absolute atomic E-state index is 13.9. The fourth-order valence-electron chi connectivity index (χ4n) is 5.98. The number of carbonyl (C=O) groups is 3. The Labute approximate surface area is 260 Å². The third-order valence-corrected chi connectivity index (χ3v) is 9.72. The Morgan fingerprint density at radius 1 is 1.09 bits per heavy atom. The Bertz CT molecular complexity index is 1250. The molecule has 2 aliphatic rings. The SMILES string of the molecule is C=C(CN1CCOCC1)C(=O)CC[C@@H](NC(=O)[C@@H](CC(=O)CCC)Cc1nc2ccc(C(C)C)cc2s1)C1CCOCC1. The highest BCUT2D eigenvalue weighted by Crippen LogP contribution is 2.29. The second-order valence-electron chi connectivity index (χ2n) is 12.4. The van der Waals surface area contributed by atoms with Crippen molar-refractivity contribution in [1.29, 1.82) is 0 Å². The second-order valence-corrected chi connectivity index (χ2v) is 13.5. The molecular weight excluding hydrogens is 562 g/mol. The smallest absolute Gasteiger partial charge is 0.224 e. The maximum Gasteiger partial charge on any atom is 0.224 e. The van der Waals surface area contributed by atoms with Crippen LogP contribution < -0.4 is 5.32 Å². The predicted octanol–water partition coefficient (Wildman–Crippen LogP) is 5.49. The van der Waals surface area contributed by atoms with E-state index >= 15 is 0 Å². The summed E-state index contributed by atoms with van der Waals surface area (Å²) in [4.78, 5) is 46.8. The van der Waals surface area contributed by atoms with Gasteiger partial charge in [-0.25, -0.2) is 4.98 Å². The molecule has 0 spiro atoms. The number of carbonyl (C=O) groups excluding carboxylic acids is 3. The molecule has 2 aliphatic heterocycles. The zero-order valence-electron chi connectivity index (χ0n) is 26.2. The molecule has 2 aromatic rings. The number of Topliss-reactive ketones (excluding diaryl/α,β-unsaturated/α-hetero) is 2. The van der Waals surface area contributed by atoms with E-state index in [1.807, 2.05) is 13.0 Å². The fraction of sp³-hybridized carbons (Fsp3) is 0.647. The summed E-state index contributed by atoms with van der Waals surface area (Å²) in [6.45, 7) is 15.2. The summed E-state index contributed by atoms with van der Waals surface area (Å²) in [5, 5.41) is 4.18. The van der Waals surface area contributed by atoms with Crippen LogP contribution in [0.3, 0.4) is 0 Å². The maximum atomic E-state index is 13.9. The Hall–Kier alpha value is -2.46. The molecule has 236 valence electrons. The molecule has 2 saturated heterocycles. The van der Waals surface area contributed by atoms with Gasteiger partial charge in [0.1, 0.15) is 5.78 Å². The molecule has 43 heavy (non-hydrogen) atoms. The number of hydrogen-bond donors (Lipinski definition) is 1.